The number of benzene rings is 1. The Morgan fingerprint density at radius 2 is 2.05 bits per heavy atom. The van der Waals surface area contributed by atoms with E-state index in [9.17, 15) is 9.50 Å². The Morgan fingerprint density at radius 3 is 2.63 bits per heavy atom. The predicted octanol–water partition coefficient (Wildman–Crippen LogP) is 3.34. The van der Waals surface area contributed by atoms with Gasteiger partial charge in [0.2, 0.25) is 0 Å². The fraction of sp³-hybridized carbons (Fsp3) is 0.600. The van der Waals surface area contributed by atoms with Gasteiger partial charge in [0.05, 0.1) is 6.61 Å². The zero-order valence-electron chi connectivity index (χ0n) is 12.2. The summed E-state index contributed by atoms with van der Waals surface area (Å²) in [6.07, 6.45) is 0.990. The molecule has 1 N–H and O–H groups in total. The molecule has 2 unspecified atom stereocenters. The lowest BCUT2D eigenvalue weighted by molar-refractivity contribution is 0.0929. The van der Waals surface area contributed by atoms with Crippen LogP contribution in [-0.2, 0) is 4.74 Å². The second-order valence-electron chi connectivity index (χ2n) is 4.87. The van der Waals surface area contributed by atoms with Crippen LogP contribution < -0.4 is 0 Å². The third kappa shape index (κ3) is 4.18. The maximum atomic E-state index is 13.4. The first kappa shape index (κ1) is 15.9. The molecule has 2 atom stereocenters. The molecule has 4 heteroatoms. The molecule has 0 aliphatic rings. The summed E-state index contributed by atoms with van der Waals surface area (Å²) >= 11 is 0. The van der Waals surface area contributed by atoms with Crippen molar-refractivity contribution in [2.75, 3.05) is 20.3 Å². The number of ether oxygens (including phenoxy) is 1. The number of phenolic OH excluding ortho intramolecular Hbond substituents is 1. The van der Waals surface area contributed by atoms with Crippen LogP contribution in [0.5, 0.6) is 5.75 Å². The molecule has 3 nitrogen and oxygen atoms in total. The van der Waals surface area contributed by atoms with Crippen molar-refractivity contribution in [1.29, 1.82) is 0 Å². The van der Waals surface area contributed by atoms with Gasteiger partial charge in [0.15, 0.2) is 0 Å². The molecule has 0 amide bonds. The summed E-state index contributed by atoms with van der Waals surface area (Å²) in [6.45, 7) is 7.59. The van der Waals surface area contributed by atoms with Crippen LogP contribution in [0.25, 0.3) is 0 Å². The molecule has 0 spiro atoms. The van der Waals surface area contributed by atoms with Gasteiger partial charge in [-0.15, -0.1) is 0 Å². The van der Waals surface area contributed by atoms with E-state index in [2.05, 4.69) is 18.7 Å². The lowest BCUT2D eigenvalue weighted by atomic mass is 10.0. The van der Waals surface area contributed by atoms with E-state index < -0.39 is 0 Å². The molecule has 1 aromatic rings. The van der Waals surface area contributed by atoms with Crippen molar-refractivity contribution in [2.45, 2.75) is 39.3 Å². The molecule has 0 saturated carbocycles. The van der Waals surface area contributed by atoms with E-state index in [4.69, 9.17) is 4.74 Å². The summed E-state index contributed by atoms with van der Waals surface area (Å²) in [6, 6.07) is 4.37. The summed E-state index contributed by atoms with van der Waals surface area (Å²) in [7, 11) is 1.67. The summed E-state index contributed by atoms with van der Waals surface area (Å²) in [5, 5.41) is 9.91. The Bertz CT molecular complexity index is 398. The maximum absolute atomic E-state index is 13.4. The summed E-state index contributed by atoms with van der Waals surface area (Å²) < 4.78 is 18.5. The first-order valence-electron chi connectivity index (χ1n) is 6.74. The van der Waals surface area contributed by atoms with Gasteiger partial charge in [-0.3, -0.25) is 4.90 Å². The predicted molar refractivity (Wildman–Crippen MR) is 74.8 cm³/mol. The SMILES string of the molecule is CCC(C)N(CCOC)C(C)c1cc(F)ccc1O. The molecule has 0 aliphatic carbocycles. The summed E-state index contributed by atoms with van der Waals surface area (Å²) in [5.41, 5.74) is 0.622. The highest BCUT2D eigenvalue weighted by Gasteiger charge is 2.22. The molecule has 1 aromatic carbocycles. The Balaban J connectivity index is 2.96. The molecule has 0 bridgehead atoms. The minimum Gasteiger partial charge on any atom is -0.508 e. The molecule has 1 rings (SSSR count). The van der Waals surface area contributed by atoms with E-state index in [0.717, 1.165) is 13.0 Å². The van der Waals surface area contributed by atoms with Crippen molar-refractivity contribution in [3.8, 4) is 5.75 Å². The van der Waals surface area contributed by atoms with Crippen molar-refractivity contribution in [3.63, 3.8) is 0 Å². The molecule has 0 radical (unpaired) electrons. The zero-order chi connectivity index (χ0) is 14.4. The van der Waals surface area contributed by atoms with Gasteiger partial charge in [0.25, 0.3) is 0 Å². The van der Waals surface area contributed by atoms with E-state index in [1.54, 1.807) is 7.11 Å². The van der Waals surface area contributed by atoms with Gasteiger partial charge in [-0.05, 0) is 38.5 Å². The van der Waals surface area contributed by atoms with Crippen LogP contribution in [0.4, 0.5) is 4.39 Å². The topological polar surface area (TPSA) is 32.7 Å². The number of aromatic hydroxyl groups is 1. The quantitative estimate of drug-likeness (QED) is 0.824. The van der Waals surface area contributed by atoms with Crippen molar-refractivity contribution in [2.24, 2.45) is 0 Å². The lowest BCUT2D eigenvalue weighted by Gasteiger charge is -2.34. The fourth-order valence-corrected chi connectivity index (χ4v) is 2.27. The van der Waals surface area contributed by atoms with Crippen molar-refractivity contribution in [3.05, 3.63) is 29.6 Å². The van der Waals surface area contributed by atoms with Crippen LogP contribution in [0.3, 0.4) is 0 Å². The highest BCUT2D eigenvalue weighted by atomic mass is 19.1. The molecule has 108 valence electrons. The van der Waals surface area contributed by atoms with E-state index in [1.165, 1.54) is 18.2 Å². The third-order valence-corrected chi connectivity index (χ3v) is 3.65. The van der Waals surface area contributed by atoms with Crippen LogP contribution in [0.2, 0.25) is 0 Å². The number of hydrogen-bond acceptors (Lipinski definition) is 3. The van der Waals surface area contributed by atoms with Gasteiger partial charge >= 0.3 is 0 Å². The summed E-state index contributed by atoms with van der Waals surface area (Å²) in [4.78, 5) is 2.22. The van der Waals surface area contributed by atoms with Gasteiger partial charge in [-0.25, -0.2) is 4.39 Å². The normalized spacial score (nSPS) is 14.6. The van der Waals surface area contributed by atoms with Crippen LogP contribution in [0, 0.1) is 5.82 Å². The molecule has 0 aliphatic heterocycles. The maximum Gasteiger partial charge on any atom is 0.123 e. The molecule has 0 saturated heterocycles. The Morgan fingerprint density at radius 1 is 1.37 bits per heavy atom. The second kappa shape index (κ2) is 7.46. The monoisotopic (exact) mass is 269 g/mol. The Hall–Kier alpha value is -1.13. The van der Waals surface area contributed by atoms with E-state index in [-0.39, 0.29) is 17.6 Å². The van der Waals surface area contributed by atoms with Crippen LogP contribution in [0.15, 0.2) is 18.2 Å². The molecule has 19 heavy (non-hydrogen) atoms. The third-order valence-electron chi connectivity index (χ3n) is 3.65. The van der Waals surface area contributed by atoms with Gasteiger partial charge in [0, 0.05) is 31.3 Å². The summed E-state index contributed by atoms with van der Waals surface area (Å²) in [5.74, 6) is -0.185. The number of hydrogen-bond donors (Lipinski definition) is 1. The number of nitrogens with zero attached hydrogens (tertiary/aromatic N) is 1. The lowest BCUT2D eigenvalue weighted by Crippen LogP contribution is -2.37. The van der Waals surface area contributed by atoms with Crippen molar-refractivity contribution < 1.29 is 14.2 Å². The first-order chi connectivity index (χ1) is 9.01. The molecule has 0 fully saturated rings. The number of phenols is 1. The first-order valence-corrected chi connectivity index (χ1v) is 6.74. The smallest absolute Gasteiger partial charge is 0.123 e. The minimum atomic E-state index is -0.324. The Labute approximate surface area is 115 Å². The largest absolute Gasteiger partial charge is 0.508 e. The molecular formula is C15H24FNO2. The molecule has 0 aromatic heterocycles. The van der Waals surface area contributed by atoms with Crippen LogP contribution in [0.1, 0.15) is 38.8 Å². The van der Waals surface area contributed by atoms with E-state index in [0.29, 0.717) is 18.2 Å². The van der Waals surface area contributed by atoms with Crippen molar-refractivity contribution in [1.82, 2.24) is 4.90 Å². The number of rotatable bonds is 7. The van der Waals surface area contributed by atoms with Crippen molar-refractivity contribution >= 4 is 0 Å². The van der Waals surface area contributed by atoms with Gasteiger partial charge in [-0.2, -0.15) is 0 Å². The average Bonchev–Trinajstić information content (AvgIpc) is 2.41. The van der Waals surface area contributed by atoms with Crippen LogP contribution >= 0.6 is 0 Å². The van der Waals surface area contributed by atoms with Gasteiger partial charge in [0.1, 0.15) is 11.6 Å². The number of methoxy groups -OCH3 is 1. The van der Waals surface area contributed by atoms with Gasteiger partial charge < -0.3 is 9.84 Å². The molecule has 0 heterocycles. The standard InChI is InChI=1S/C15H24FNO2/c1-5-11(2)17(8-9-19-4)12(3)14-10-13(16)6-7-15(14)18/h6-7,10-12,18H,5,8-9H2,1-4H3. The Kier molecular flexibility index (Phi) is 6.25. The highest BCUT2D eigenvalue weighted by Crippen LogP contribution is 2.30. The van der Waals surface area contributed by atoms with E-state index >= 15 is 0 Å². The molecular weight excluding hydrogens is 245 g/mol. The average molecular weight is 269 g/mol. The fourth-order valence-electron chi connectivity index (χ4n) is 2.27. The van der Waals surface area contributed by atoms with Crippen LogP contribution in [-0.4, -0.2) is 36.3 Å². The minimum absolute atomic E-state index is 0.0548. The van der Waals surface area contributed by atoms with Gasteiger partial charge in [-0.1, -0.05) is 6.92 Å². The highest BCUT2D eigenvalue weighted by molar-refractivity contribution is 5.35. The second-order valence-corrected chi connectivity index (χ2v) is 4.87. The van der Waals surface area contributed by atoms with E-state index in [1.807, 2.05) is 6.92 Å². The zero-order valence-corrected chi connectivity index (χ0v) is 12.2. The number of halogens is 1.